The summed E-state index contributed by atoms with van der Waals surface area (Å²) < 4.78 is 5.38. The normalized spacial score (nSPS) is 41.5. The molecule has 0 heterocycles. The smallest absolute Gasteiger partial charge is 0.194 e. The van der Waals surface area contributed by atoms with Crippen molar-refractivity contribution in [3.05, 3.63) is 23.8 Å². The fourth-order valence-corrected chi connectivity index (χ4v) is 2.54. The monoisotopic (exact) mass is 192 g/mol. The molecule has 1 saturated carbocycles. The lowest BCUT2D eigenvalue weighted by molar-refractivity contribution is -0.138. The summed E-state index contributed by atoms with van der Waals surface area (Å²) in [5.41, 5.74) is 1.12. The predicted molar refractivity (Wildman–Crippen MR) is 55.0 cm³/mol. The van der Waals surface area contributed by atoms with Gasteiger partial charge in [-0.15, -0.1) is 0 Å². The van der Waals surface area contributed by atoms with Crippen molar-refractivity contribution in [1.29, 1.82) is 0 Å². The molecule has 3 rings (SSSR count). The van der Waals surface area contributed by atoms with E-state index in [0.29, 0.717) is 5.57 Å². The van der Waals surface area contributed by atoms with E-state index in [4.69, 9.17) is 4.74 Å². The fourth-order valence-electron chi connectivity index (χ4n) is 2.54. The van der Waals surface area contributed by atoms with Gasteiger partial charge in [-0.1, -0.05) is 19.1 Å². The molecule has 0 aromatic heterocycles. The topological polar surface area (TPSA) is 26.3 Å². The molecular formula is C12H16O2. The maximum absolute atomic E-state index is 12.0. The number of methoxy groups -OCH3 is 1. The number of fused-ring (bicyclic) bond motifs is 2. The Morgan fingerprint density at radius 2 is 2.14 bits per heavy atom. The van der Waals surface area contributed by atoms with Crippen LogP contribution in [0.3, 0.4) is 0 Å². The lowest BCUT2D eigenvalue weighted by Crippen LogP contribution is -2.53. The Hall–Kier alpha value is -0.890. The third kappa shape index (κ3) is 0.871. The van der Waals surface area contributed by atoms with Crippen LogP contribution < -0.4 is 0 Å². The van der Waals surface area contributed by atoms with Crippen molar-refractivity contribution in [2.75, 3.05) is 7.11 Å². The molecule has 0 aliphatic heterocycles. The molecule has 1 fully saturated rings. The number of allylic oxidation sites excluding steroid dienone is 1. The molecule has 2 heteroatoms. The largest absolute Gasteiger partial charge is 0.366 e. The number of hydrogen-bond donors (Lipinski definition) is 0. The van der Waals surface area contributed by atoms with Crippen LogP contribution >= 0.6 is 0 Å². The summed E-state index contributed by atoms with van der Waals surface area (Å²) in [6, 6.07) is 0. The average Bonchev–Trinajstić information content (AvgIpc) is 2.18. The van der Waals surface area contributed by atoms with Crippen molar-refractivity contribution < 1.29 is 9.53 Å². The number of ketones is 1. The van der Waals surface area contributed by atoms with Crippen molar-refractivity contribution in [3.63, 3.8) is 0 Å². The van der Waals surface area contributed by atoms with E-state index < -0.39 is 5.60 Å². The summed E-state index contributed by atoms with van der Waals surface area (Å²) in [7, 11) is 1.60. The lowest BCUT2D eigenvalue weighted by Gasteiger charge is -2.49. The van der Waals surface area contributed by atoms with Crippen LogP contribution in [-0.2, 0) is 9.53 Å². The molecule has 0 spiro atoms. The quantitative estimate of drug-likeness (QED) is 0.470. The molecule has 0 amide bonds. The molecule has 2 bridgehead atoms. The van der Waals surface area contributed by atoms with E-state index in [1.165, 1.54) is 5.57 Å². The SMILES string of the molecule is C=C1C(=O)[C@@]2(OC)C=C(C)[C@]1(C)CC2. The highest BCUT2D eigenvalue weighted by molar-refractivity contribution is 6.07. The Labute approximate surface area is 84.6 Å². The van der Waals surface area contributed by atoms with Crippen molar-refractivity contribution in [2.24, 2.45) is 5.41 Å². The van der Waals surface area contributed by atoms with Crippen LogP contribution in [0.4, 0.5) is 0 Å². The minimum Gasteiger partial charge on any atom is -0.366 e. The maximum atomic E-state index is 12.0. The van der Waals surface area contributed by atoms with Crippen LogP contribution in [0.5, 0.6) is 0 Å². The third-order valence-corrected chi connectivity index (χ3v) is 4.01. The van der Waals surface area contributed by atoms with Crippen LogP contribution in [0, 0.1) is 5.41 Å². The Morgan fingerprint density at radius 3 is 2.64 bits per heavy atom. The number of hydrogen-bond acceptors (Lipinski definition) is 2. The molecule has 0 unspecified atom stereocenters. The standard InChI is InChI=1S/C12H16O2/c1-8-7-12(14-4)6-5-11(8,3)9(2)10(12)13/h7H,2,5-6H2,1,3-4H3/t11-,12-/m0/s1. The van der Waals surface area contributed by atoms with E-state index >= 15 is 0 Å². The summed E-state index contributed by atoms with van der Waals surface area (Å²) >= 11 is 0. The van der Waals surface area contributed by atoms with Crippen LogP contribution in [-0.4, -0.2) is 18.5 Å². The first-order chi connectivity index (χ1) is 6.46. The van der Waals surface area contributed by atoms with Gasteiger partial charge in [-0.05, 0) is 25.8 Å². The molecular weight excluding hydrogens is 176 g/mol. The van der Waals surface area contributed by atoms with E-state index in [1.807, 2.05) is 6.08 Å². The zero-order valence-corrected chi connectivity index (χ0v) is 9.02. The highest BCUT2D eigenvalue weighted by Gasteiger charge is 2.54. The summed E-state index contributed by atoms with van der Waals surface area (Å²) in [5.74, 6) is 0.0688. The van der Waals surface area contributed by atoms with Gasteiger partial charge in [0.1, 0.15) is 5.60 Å². The maximum Gasteiger partial charge on any atom is 0.194 e. The first-order valence-corrected chi connectivity index (χ1v) is 4.95. The van der Waals surface area contributed by atoms with Gasteiger partial charge in [0.2, 0.25) is 0 Å². The molecule has 2 atom stereocenters. The molecule has 2 nitrogen and oxygen atoms in total. The molecule has 76 valence electrons. The molecule has 0 aromatic carbocycles. The average molecular weight is 192 g/mol. The molecule has 14 heavy (non-hydrogen) atoms. The van der Waals surface area contributed by atoms with Crippen molar-refractivity contribution in [1.82, 2.24) is 0 Å². The van der Waals surface area contributed by atoms with Gasteiger partial charge in [-0.3, -0.25) is 4.79 Å². The molecule has 3 aliphatic rings. The molecule has 0 aromatic rings. The summed E-state index contributed by atoms with van der Waals surface area (Å²) in [6.45, 7) is 8.08. The number of carbonyl (C=O) groups is 1. The zero-order valence-electron chi connectivity index (χ0n) is 9.02. The molecule has 0 N–H and O–H groups in total. The summed E-state index contributed by atoms with van der Waals surface area (Å²) in [5, 5.41) is 0. The minimum absolute atomic E-state index is 0.0688. The van der Waals surface area contributed by atoms with Gasteiger partial charge in [0.25, 0.3) is 0 Å². The molecule has 3 aliphatic carbocycles. The van der Waals surface area contributed by atoms with Gasteiger partial charge in [0.15, 0.2) is 5.78 Å². The van der Waals surface area contributed by atoms with E-state index in [-0.39, 0.29) is 11.2 Å². The Bertz CT molecular complexity index is 353. The van der Waals surface area contributed by atoms with Crippen LogP contribution in [0.1, 0.15) is 26.7 Å². The van der Waals surface area contributed by atoms with Crippen LogP contribution in [0.15, 0.2) is 23.8 Å². The summed E-state index contributed by atoms with van der Waals surface area (Å²) in [4.78, 5) is 12.0. The highest BCUT2D eigenvalue weighted by Crippen LogP contribution is 2.53. The van der Waals surface area contributed by atoms with Gasteiger partial charge >= 0.3 is 0 Å². The number of rotatable bonds is 1. The number of ether oxygens (including phenoxy) is 1. The van der Waals surface area contributed by atoms with Crippen molar-refractivity contribution in [3.8, 4) is 0 Å². The second-order valence-corrected chi connectivity index (χ2v) is 4.56. The lowest BCUT2D eigenvalue weighted by atomic mass is 9.57. The Balaban J connectivity index is 2.61. The zero-order chi connectivity index (χ0) is 10.6. The number of Topliss-reactive ketones (excluding diaryl/α,β-unsaturated/α-hetero) is 1. The second-order valence-electron chi connectivity index (χ2n) is 4.56. The molecule has 0 saturated heterocycles. The van der Waals surface area contributed by atoms with Gasteiger partial charge in [0.05, 0.1) is 0 Å². The van der Waals surface area contributed by atoms with E-state index in [2.05, 4.69) is 20.4 Å². The van der Waals surface area contributed by atoms with Gasteiger partial charge < -0.3 is 4.74 Å². The van der Waals surface area contributed by atoms with E-state index in [0.717, 1.165) is 12.8 Å². The van der Waals surface area contributed by atoms with E-state index in [1.54, 1.807) is 7.11 Å². The third-order valence-electron chi connectivity index (χ3n) is 4.01. The second kappa shape index (κ2) is 2.57. The van der Waals surface area contributed by atoms with Crippen molar-refractivity contribution in [2.45, 2.75) is 32.3 Å². The highest BCUT2D eigenvalue weighted by atomic mass is 16.5. The van der Waals surface area contributed by atoms with Crippen molar-refractivity contribution >= 4 is 5.78 Å². The van der Waals surface area contributed by atoms with Crippen LogP contribution in [0.2, 0.25) is 0 Å². The van der Waals surface area contributed by atoms with Crippen LogP contribution in [0.25, 0.3) is 0 Å². The summed E-state index contributed by atoms with van der Waals surface area (Å²) in [6.07, 6.45) is 3.73. The Morgan fingerprint density at radius 1 is 1.50 bits per heavy atom. The predicted octanol–water partition coefficient (Wildman–Crippen LogP) is 2.26. The first-order valence-electron chi connectivity index (χ1n) is 4.95. The minimum atomic E-state index is -0.696. The molecule has 0 radical (unpaired) electrons. The Kier molecular flexibility index (Phi) is 1.77. The first kappa shape index (κ1) is 9.66. The van der Waals surface area contributed by atoms with Gasteiger partial charge in [0, 0.05) is 18.1 Å². The fraction of sp³-hybridized carbons (Fsp3) is 0.583. The van der Waals surface area contributed by atoms with E-state index in [9.17, 15) is 4.79 Å². The number of carbonyl (C=O) groups excluding carboxylic acids is 1. The van der Waals surface area contributed by atoms with Gasteiger partial charge in [-0.25, -0.2) is 0 Å². The van der Waals surface area contributed by atoms with Gasteiger partial charge in [-0.2, -0.15) is 0 Å².